The van der Waals surface area contributed by atoms with E-state index in [0.29, 0.717) is 6.54 Å². The molecule has 0 saturated carbocycles. The molecule has 58 valence electrons. The maximum atomic E-state index is 10.1. The minimum atomic E-state index is -0.528. The average molecular weight is 153 g/mol. The monoisotopic (exact) mass is 153 g/mol. The Bertz CT molecular complexity index is 279. The van der Waals surface area contributed by atoms with Gasteiger partial charge in [-0.2, -0.15) is 4.68 Å². The van der Waals surface area contributed by atoms with E-state index in [1.165, 1.54) is 10.7 Å². The minimum absolute atomic E-state index is 0.133. The zero-order valence-corrected chi connectivity index (χ0v) is 5.80. The number of hydrogen-bond donors (Lipinski definition) is 0. The van der Waals surface area contributed by atoms with Gasteiger partial charge in [-0.15, -0.1) is 6.58 Å². The molecule has 0 radical (unpaired) electrons. The van der Waals surface area contributed by atoms with Crippen LogP contribution in [0.2, 0.25) is 0 Å². The lowest BCUT2D eigenvalue weighted by molar-refractivity contribution is -0.389. The molecule has 0 saturated heterocycles. The molecule has 0 aliphatic carbocycles. The Labute approximate surface area is 63.1 Å². The summed E-state index contributed by atoms with van der Waals surface area (Å²) in [7, 11) is 0. The summed E-state index contributed by atoms with van der Waals surface area (Å²) in [4.78, 5) is 9.59. The van der Waals surface area contributed by atoms with E-state index in [1.54, 1.807) is 12.3 Å². The maximum absolute atomic E-state index is 10.1. The molecular formula is C6H7N3O2. The SMILES string of the molecule is C=CCn1ccc([N+](=O)[O-])n1. The van der Waals surface area contributed by atoms with Crippen molar-refractivity contribution in [1.82, 2.24) is 9.78 Å². The van der Waals surface area contributed by atoms with Crippen molar-refractivity contribution >= 4 is 5.82 Å². The zero-order valence-electron chi connectivity index (χ0n) is 5.80. The van der Waals surface area contributed by atoms with Gasteiger partial charge in [0.05, 0.1) is 23.9 Å². The van der Waals surface area contributed by atoms with Crippen molar-refractivity contribution in [3.63, 3.8) is 0 Å². The molecule has 5 heteroatoms. The maximum Gasteiger partial charge on any atom is 0.389 e. The summed E-state index contributed by atoms with van der Waals surface area (Å²) < 4.78 is 1.45. The van der Waals surface area contributed by atoms with Gasteiger partial charge in [0.15, 0.2) is 0 Å². The number of aromatic nitrogens is 2. The number of hydrogen-bond acceptors (Lipinski definition) is 3. The lowest BCUT2D eigenvalue weighted by Gasteiger charge is -1.85. The molecule has 0 aliphatic heterocycles. The summed E-state index contributed by atoms with van der Waals surface area (Å²) in [6, 6.07) is 1.35. The summed E-state index contributed by atoms with van der Waals surface area (Å²) in [6.45, 7) is 3.97. The predicted molar refractivity (Wildman–Crippen MR) is 39.1 cm³/mol. The Kier molecular flexibility index (Phi) is 2.00. The molecule has 0 amide bonds. The van der Waals surface area contributed by atoms with Gasteiger partial charge >= 0.3 is 5.82 Å². The van der Waals surface area contributed by atoms with Crippen LogP contribution < -0.4 is 0 Å². The molecule has 0 aromatic carbocycles. The fourth-order valence-corrected chi connectivity index (χ4v) is 0.682. The molecule has 1 rings (SSSR count). The molecule has 0 fully saturated rings. The van der Waals surface area contributed by atoms with Gasteiger partial charge in [0.2, 0.25) is 0 Å². The average Bonchev–Trinajstić information content (AvgIpc) is 2.37. The normalized spacial score (nSPS) is 9.45. The first kappa shape index (κ1) is 7.46. The lowest BCUT2D eigenvalue weighted by Crippen LogP contribution is -1.96. The van der Waals surface area contributed by atoms with Crippen LogP contribution in [0, 0.1) is 10.1 Å². The molecule has 1 aromatic rings. The molecular weight excluding hydrogens is 146 g/mol. The van der Waals surface area contributed by atoms with E-state index in [4.69, 9.17) is 0 Å². The summed E-state index contributed by atoms with van der Waals surface area (Å²) >= 11 is 0. The number of allylic oxidation sites excluding steroid dienone is 1. The van der Waals surface area contributed by atoms with E-state index in [0.717, 1.165) is 0 Å². The van der Waals surface area contributed by atoms with Gasteiger partial charge in [0.1, 0.15) is 0 Å². The van der Waals surface area contributed by atoms with Crippen LogP contribution in [0.4, 0.5) is 5.82 Å². The molecule has 0 spiro atoms. The predicted octanol–water partition coefficient (Wildman–Crippen LogP) is 0.977. The Morgan fingerprint density at radius 2 is 2.64 bits per heavy atom. The van der Waals surface area contributed by atoms with Crippen molar-refractivity contribution in [2.45, 2.75) is 6.54 Å². The van der Waals surface area contributed by atoms with Crippen molar-refractivity contribution in [3.8, 4) is 0 Å². The fourth-order valence-electron chi connectivity index (χ4n) is 0.682. The summed E-state index contributed by atoms with van der Waals surface area (Å²) in [5.41, 5.74) is 0. The van der Waals surface area contributed by atoms with E-state index in [-0.39, 0.29) is 5.82 Å². The first-order chi connectivity index (χ1) is 5.24. The highest BCUT2D eigenvalue weighted by molar-refractivity contribution is 5.14. The van der Waals surface area contributed by atoms with Gasteiger partial charge in [-0.25, -0.2) is 0 Å². The Hall–Kier alpha value is -1.65. The van der Waals surface area contributed by atoms with Gasteiger partial charge in [0, 0.05) is 0 Å². The van der Waals surface area contributed by atoms with Crippen LogP contribution >= 0.6 is 0 Å². The third-order valence-electron chi connectivity index (χ3n) is 1.13. The third-order valence-corrected chi connectivity index (χ3v) is 1.13. The van der Waals surface area contributed by atoms with Crippen molar-refractivity contribution in [2.24, 2.45) is 0 Å². The number of nitrogens with zero attached hydrogens (tertiary/aromatic N) is 3. The Morgan fingerprint density at radius 1 is 1.91 bits per heavy atom. The van der Waals surface area contributed by atoms with E-state index >= 15 is 0 Å². The van der Waals surface area contributed by atoms with Crippen molar-refractivity contribution in [1.29, 1.82) is 0 Å². The van der Waals surface area contributed by atoms with Crippen molar-refractivity contribution in [2.75, 3.05) is 0 Å². The van der Waals surface area contributed by atoms with Crippen LogP contribution in [0.15, 0.2) is 24.9 Å². The van der Waals surface area contributed by atoms with Crippen LogP contribution in [0.3, 0.4) is 0 Å². The smallest absolute Gasteiger partial charge is 0.358 e. The van der Waals surface area contributed by atoms with Crippen LogP contribution in [-0.4, -0.2) is 14.7 Å². The summed E-state index contributed by atoms with van der Waals surface area (Å²) in [6.07, 6.45) is 3.16. The zero-order chi connectivity index (χ0) is 8.27. The van der Waals surface area contributed by atoms with Crippen LogP contribution in [-0.2, 0) is 6.54 Å². The first-order valence-electron chi connectivity index (χ1n) is 3.03. The number of rotatable bonds is 3. The lowest BCUT2D eigenvalue weighted by atomic mass is 10.6. The second-order valence-electron chi connectivity index (χ2n) is 1.94. The van der Waals surface area contributed by atoms with Gasteiger partial charge in [-0.1, -0.05) is 6.08 Å². The second-order valence-corrected chi connectivity index (χ2v) is 1.94. The van der Waals surface area contributed by atoms with E-state index in [9.17, 15) is 10.1 Å². The van der Waals surface area contributed by atoms with E-state index < -0.39 is 4.92 Å². The molecule has 0 unspecified atom stereocenters. The largest absolute Gasteiger partial charge is 0.389 e. The molecule has 0 N–H and O–H groups in total. The van der Waals surface area contributed by atoms with E-state index in [1.807, 2.05) is 0 Å². The van der Waals surface area contributed by atoms with E-state index in [2.05, 4.69) is 11.7 Å². The van der Waals surface area contributed by atoms with Crippen molar-refractivity contribution in [3.05, 3.63) is 35.0 Å². The van der Waals surface area contributed by atoms with Gasteiger partial charge in [-0.3, -0.25) is 0 Å². The first-order valence-corrected chi connectivity index (χ1v) is 3.03. The Balaban J connectivity index is 2.81. The molecule has 1 heterocycles. The van der Waals surface area contributed by atoms with Crippen LogP contribution in [0.1, 0.15) is 0 Å². The highest BCUT2D eigenvalue weighted by Crippen LogP contribution is 2.04. The standard InChI is InChI=1S/C6H7N3O2/c1-2-4-8-5-3-6(7-8)9(10)11/h2-3,5H,1,4H2. The molecule has 5 nitrogen and oxygen atoms in total. The fraction of sp³-hybridized carbons (Fsp3) is 0.167. The third kappa shape index (κ3) is 1.64. The topological polar surface area (TPSA) is 61.0 Å². The van der Waals surface area contributed by atoms with Gasteiger partial charge in [-0.05, 0) is 4.92 Å². The van der Waals surface area contributed by atoms with Crippen LogP contribution in [0.5, 0.6) is 0 Å². The number of nitro groups is 1. The van der Waals surface area contributed by atoms with Crippen molar-refractivity contribution < 1.29 is 4.92 Å². The molecule has 0 atom stereocenters. The van der Waals surface area contributed by atoms with Gasteiger partial charge in [0.25, 0.3) is 0 Å². The Morgan fingerprint density at radius 3 is 3.09 bits per heavy atom. The summed E-state index contributed by atoms with van der Waals surface area (Å²) in [5.74, 6) is -0.133. The molecule has 11 heavy (non-hydrogen) atoms. The summed E-state index contributed by atoms with van der Waals surface area (Å²) in [5, 5.41) is 13.8. The molecule has 1 aromatic heterocycles. The highest BCUT2D eigenvalue weighted by Gasteiger charge is 2.08. The quantitative estimate of drug-likeness (QED) is 0.369. The highest BCUT2D eigenvalue weighted by atomic mass is 16.6. The van der Waals surface area contributed by atoms with Crippen LogP contribution in [0.25, 0.3) is 0 Å². The van der Waals surface area contributed by atoms with Gasteiger partial charge < -0.3 is 10.1 Å². The second kappa shape index (κ2) is 2.96. The molecule has 0 aliphatic rings. The minimum Gasteiger partial charge on any atom is -0.358 e. The molecule has 0 bridgehead atoms.